The van der Waals surface area contributed by atoms with Gasteiger partial charge in [-0.2, -0.15) is 0 Å². The van der Waals surface area contributed by atoms with Gasteiger partial charge in [0, 0.05) is 33.8 Å². The molecule has 2 aromatic rings. The Morgan fingerprint density at radius 1 is 1.06 bits per heavy atom. The number of nitrogens with zero attached hydrogens (tertiary/aromatic N) is 1. The number of hydrogen-bond donors (Lipinski definition) is 0. The lowest BCUT2D eigenvalue weighted by atomic mass is 10.1. The molecule has 94 valence electrons. The van der Waals surface area contributed by atoms with Crippen molar-refractivity contribution in [3.05, 3.63) is 59.1 Å². The molecule has 2 rings (SSSR count). The van der Waals surface area contributed by atoms with Crippen LogP contribution in [0.3, 0.4) is 0 Å². The van der Waals surface area contributed by atoms with Crippen LogP contribution in [0.15, 0.2) is 48.5 Å². The summed E-state index contributed by atoms with van der Waals surface area (Å²) >= 11 is 9.78. The molecule has 0 saturated heterocycles. The lowest BCUT2D eigenvalue weighted by Crippen LogP contribution is -2.17. The normalized spacial score (nSPS) is 10.4. The highest BCUT2D eigenvalue weighted by Crippen LogP contribution is 2.33. The second kappa shape index (κ2) is 6.26. The third-order valence-electron chi connectivity index (χ3n) is 2.90. The van der Waals surface area contributed by atoms with Crippen LogP contribution in [0.4, 0.5) is 11.4 Å². The third kappa shape index (κ3) is 2.70. The zero-order valence-corrected chi connectivity index (χ0v) is 12.6. The van der Waals surface area contributed by atoms with Crippen LogP contribution in [0.2, 0.25) is 5.02 Å². The van der Waals surface area contributed by atoms with E-state index in [1.165, 1.54) is 5.69 Å². The van der Waals surface area contributed by atoms with E-state index in [1.54, 1.807) is 0 Å². The molecule has 0 atom stereocenters. The van der Waals surface area contributed by atoms with Crippen LogP contribution in [0.5, 0.6) is 0 Å². The van der Waals surface area contributed by atoms with Gasteiger partial charge in [0.25, 0.3) is 0 Å². The predicted octanol–water partition coefficient (Wildman–Crippen LogP) is 5.39. The van der Waals surface area contributed by atoms with Gasteiger partial charge >= 0.3 is 0 Å². The van der Waals surface area contributed by atoms with Crippen molar-refractivity contribution in [1.82, 2.24) is 0 Å². The summed E-state index contributed by atoms with van der Waals surface area (Å²) in [5.41, 5.74) is 3.47. The molecular weight excluding hydrogens is 310 g/mol. The Morgan fingerprint density at radius 3 is 2.39 bits per heavy atom. The van der Waals surface area contributed by atoms with E-state index in [0.29, 0.717) is 0 Å². The fourth-order valence-corrected chi connectivity index (χ4v) is 3.02. The number of halogens is 2. The highest BCUT2D eigenvalue weighted by atomic mass is 79.9. The van der Waals surface area contributed by atoms with Gasteiger partial charge in [0.05, 0.1) is 0 Å². The van der Waals surface area contributed by atoms with Gasteiger partial charge in [-0.3, -0.25) is 0 Å². The minimum Gasteiger partial charge on any atom is -0.341 e. The average molecular weight is 325 g/mol. The van der Waals surface area contributed by atoms with E-state index in [0.717, 1.165) is 28.1 Å². The summed E-state index contributed by atoms with van der Waals surface area (Å²) in [6, 6.07) is 16.4. The molecule has 0 radical (unpaired) electrons. The minimum atomic E-state index is 0.755. The van der Waals surface area contributed by atoms with Gasteiger partial charge in [0.1, 0.15) is 0 Å². The first-order valence-corrected chi connectivity index (χ1v) is 7.43. The lowest BCUT2D eigenvalue weighted by molar-refractivity contribution is 1.01. The van der Waals surface area contributed by atoms with Crippen molar-refractivity contribution in [2.24, 2.45) is 0 Å². The zero-order valence-electron chi connectivity index (χ0n) is 10.2. The fraction of sp³-hybridized carbons (Fsp3) is 0.200. The van der Waals surface area contributed by atoms with Crippen molar-refractivity contribution < 1.29 is 0 Å². The molecule has 1 nitrogen and oxygen atoms in total. The van der Waals surface area contributed by atoms with E-state index >= 15 is 0 Å². The molecular formula is C15H15BrClN. The number of anilines is 2. The maximum absolute atomic E-state index is 6.26. The van der Waals surface area contributed by atoms with Crippen molar-refractivity contribution in [2.45, 2.75) is 12.3 Å². The highest BCUT2D eigenvalue weighted by molar-refractivity contribution is 9.08. The van der Waals surface area contributed by atoms with E-state index in [4.69, 9.17) is 11.6 Å². The molecule has 3 heteroatoms. The molecule has 0 aromatic heterocycles. The summed E-state index contributed by atoms with van der Waals surface area (Å²) in [6.45, 7) is 3.05. The van der Waals surface area contributed by atoms with Crippen molar-refractivity contribution in [2.75, 3.05) is 11.4 Å². The van der Waals surface area contributed by atoms with Crippen LogP contribution in [-0.4, -0.2) is 6.54 Å². The van der Waals surface area contributed by atoms with Crippen LogP contribution in [0.1, 0.15) is 12.5 Å². The van der Waals surface area contributed by atoms with E-state index in [9.17, 15) is 0 Å². The molecule has 2 aromatic carbocycles. The molecule has 0 aliphatic rings. The summed E-state index contributed by atoms with van der Waals surface area (Å²) in [5, 5.41) is 1.56. The summed E-state index contributed by atoms with van der Waals surface area (Å²) in [4.78, 5) is 2.27. The van der Waals surface area contributed by atoms with Crippen LogP contribution in [0, 0.1) is 0 Å². The van der Waals surface area contributed by atoms with Gasteiger partial charge < -0.3 is 4.90 Å². The molecule has 0 amide bonds. The monoisotopic (exact) mass is 323 g/mol. The van der Waals surface area contributed by atoms with Gasteiger partial charge in [-0.1, -0.05) is 51.8 Å². The first-order chi connectivity index (χ1) is 8.77. The van der Waals surface area contributed by atoms with Crippen LogP contribution in [-0.2, 0) is 5.33 Å². The Kier molecular flexibility index (Phi) is 4.67. The maximum atomic E-state index is 6.26. The number of hydrogen-bond acceptors (Lipinski definition) is 1. The number of para-hydroxylation sites is 1. The quantitative estimate of drug-likeness (QED) is 0.681. The van der Waals surface area contributed by atoms with Gasteiger partial charge in [-0.15, -0.1) is 0 Å². The van der Waals surface area contributed by atoms with Crippen molar-refractivity contribution in [3.63, 3.8) is 0 Å². The second-order valence-electron chi connectivity index (χ2n) is 3.95. The molecule has 18 heavy (non-hydrogen) atoms. The standard InChI is InChI=1S/C15H15BrClN/c1-2-18(12-7-4-3-5-8-12)15-10-6-9-14(17)13(15)11-16/h3-10H,2,11H2,1H3. The Morgan fingerprint density at radius 2 is 1.78 bits per heavy atom. The van der Waals surface area contributed by atoms with Crippen LogP contribution >= 0.6 is 27.5 Å². The number of benzene rings is 2. The van der Waals surface area contributed by atoms with Gasteiger partial charge in [0.2, 0.25) is 0 Å². The van der Waals surface area contributed by atoms with Crippen LogP contribution in [0.25, 0.3) is 0 Å². The largest absolute Gasteiger partial charge is 0.341 e. The fourth-order valence-electron chi connectivity index (χ4n) is 2.03. The second-order valence-corrected chi connectivity index (χ2v) is 4.92. The average Bonchev–Trinajstić information content (AvgIpc) is 2.41. The summed E-state index contributed by atoms with van der Waals surface area (Å²) in [6.07, 6.45) is 0. The molecule has 0 aliphatic carbocycles. The molecule has 0 heterocycles. The first-order valence-electron chi connectivity index (χ1n) is 5.94. The van der Waals surface area contributed by atoms with Gasteiger partial charge in [-0.25, -0.2) is 0 Å². The zero-order chi connectivity index (χ0) is 13.0. The van der Waals surface area contributed by atoms with Crippen molar-refractivity contribution >= 4 is 38.9 Å². The van der Waals surface area contributed by atoms with Gasteiger partial charge in [-0.05, 0) is 31.2 Å². The Labute approximate surface area is 122 Å². The molecule has 0 bridgehead atoms. The summed E-state index contributed by atoms with van der Waals surface area (Å²) in [5.74, 6) is 0. The number of alkyl halides is 1. The van der Waals surface area contributed by atoms with Crippen molar-refractivity contribution in [3.8, 4) is 0 Å². The van der Waals surface area contributed by atoms with Crippen LogP contribution < -0.4 is 4.90 Å². The van der Waals surface area contributed by atoms with E-state index in [2.05, 4.69) is 58.1 Å². The molecule has 0 N–H and O–H groups in total. The third-order valence-corrected chi connectivity index (χ3v) is 3.82. The van der Waals surface area contributed by atoms with E-state index < -0.39 is 0 Å². The molecule has 0 spiro atoms. The molecule has 0 unspecified atom stereocenters. The topological polar surface area (TPSA) is 3.24 Å². The lowest BCUT2D eigenvalue weighted by Gasteiger charge is -2.26. The maximum Gasteiger partial charge on any atom is 0.0467 e. The molecule has 0 fully saturated rings. The first kappa shape index (κ1) is 13.4. The van der Waals surface area contributed by atoms with Crippen molar-refractivity contribution in [1.29, 1.82) is 0 Å². The van der Waals surface area contributed by atoms with E-state index in [1.807, 2.05) is 18.2 Å². The summed E-state index contributed by atoms with van der Waals surface area (Å²) < 4.78 is 0. The number of rotatable bonds is 4. The molecule has 0 saturated carbocycles. The predicted molar refractivity (Wildman–Crippen MR) is 83.2 cm³/mol. The smallest absolute Gasteiger partial charge is 0.0467 e. The molecule has 0 aliphatic heterocycles. The Hall–Kier alpha value is -0.990. The Balaban J connectivity index is 2.49. The SMILES string of the molecule is CCN(c1ccccc1)c1cccc(Cl)c1CBr. The highest BCUT2D eigenvalue weighted by Gasteiger charge is 2.13. The Bertz CT molecular complexity index is 513. The van der Waals surface area contributed by atoms with E-state index in [-0.39, 0.29) is 0 Å². The summed E-state index contributed by atoms with van der Waals surface area (Å²) in [7, 11) is 0. The minimum absolute atomic E-state index is 0.755. The van der Waals surface area contributed by atoms with Gasteiger partial charge in [0.15, 0.2) is 0 Å².